The van der Waals surface area contributed by atoms with E-state index in [1.165, 1.54) is 6.26 Å². The molecule has 1 heterocycles. The summed E-state index contributed by atoms with van der Waals surface area (Å²) in [6.07, 6.45) is 4.36. The van der Waals surface area contributed by atoms with Gasteiger partial charge in [-0.15, -0.1) is 0 Å². The van der Waals surface area contributed by atoms with Crippen molar-refractivity contribution in [2.24, 2.45) is 5.92 Å². The lowest BCUT2D eigenvalue weighted by molar-refractivity contribution is -0.121. The van der Waals surface area contributed by atoms with Crippen molar-refractivity contribution >= 4 is 11.8 Å². The number of rotatable bonds is 10. The molecule has 0 aliphatic heterocycles. The minimum atomic E-state index is -0.322. The Bertz CT molecular complexity index is 411. The molecule has 21 heavy (non-hydrogen) atoms. The molecule has 0 radical (unpaired) electrons. The van der Waals surface area contributed by atoms with Crippen LogP contribution in [-0.2, 0) is 4.79 Å². The molecule has 0 fully saturated rings. The van der Waals surface area contributed by atoms with Gasteiger partial charge in [0.2, 0.25) is 5.91 Å². The van der Waals surface area contributed by atoms with E-state index in [4.69, 9.17) is 9.52 Å². The zero-order valence-corrected chi connectivity index (χ0v) is 12.4. The molecule has 6 heteroatoms. The first-order valence-corrected chi connectivity index (χ1v) is 7.36. The molecule has 0 saturated carbocycles. The van der Waals surface area contributed by atoms with Crippen molar-refractivity contribution in [3.8, 4) is 0 Å². The molecule has 118 valence electrons. The Morgan fingerprint density at radius 1 is 1.33 bits per heavy atom. The summed E-state index contributed by atoms with van der Waals surface area (Å²) in [5, 5.41) is 14.4. The van der Waals surface area contributed by atoms with E-state index in [1.54, 1.807) is 12.1 Å². The summed E-state index contributed by atoms with van der Waals surface area (Å²) in [6, 6.07) is 3.20. The lowest BCUT2D eigenvalue weighted by Gasteiger charge is -2.15. The van der Waals surface area contributed by atoms with Crippen LogP contribution in [0.5, 0.6) is 0 Å². The maximum Gasteiger partial charge on any atom is 0.286 e. The number of furan rings is 1. The monoisotopic (exact) mass is 296 g/mol. The fraction of sp³-hybridized carbons (Fsp3) is 0.600. The fourth-order valence-corrected chi connectivity index (χ4v) is 2.07. The van der Waals surface area contributed by atoms with E-state index < -0.39 is 0 Å². The summed E-state index contributed by atoms with van der Waals surface area (Å²) >= 11 is 0. The molecule has 1 rings (SSSR count). The number of carbonyl (C=O) groups excluding carboxylic acids is 2. The largest absolute Gasteiger partial charge is 0.459 e. The number of hydrogen-bond acceptors (Lipinski definition) is 4. The third kappa shape index (κ3) is 6.94. The third-order valence-electron chi connectivity index (χ3n) is 3.20. The van der Waals surface area contributed by atoms with Crippen LogP contribution in [0.3, 0.4) is 0 Å². The molecular weight excluding hydrogens is 272 g/mol. The number of carbonyl (C=O) groups is 2. The summed E-state index contributed by atoms with van der Waals surface area (Å²) in [7, 11) is 0. The summed E-state index contributed by atoms with van der Waals surface area (Å²) in [4.78, 5) is 23.2. The van der Waals surface area contributed by atoms with Gasteiger partial charge in [-0.25, -0.2) is 0 Å². The minimum Gasteiger partial charge on any atom is -0.459 e. The zero-order valence-electron chi connectivity index (χ0n) is 12.4. The second-order valence-electron chi connectivity index (χ2n) is 4.95. The van der Waals surface area contributed by atoms with Crippen LogP contribution >= 0.6 is 0 Å². The van der Waals surface area contributed by atoms with E-state index in [-0.39, 0.29) is 37.1 Å². The van der Waals surface area contributed by atoms with Crippen molar-refractivity contribution in [3.05, 3.63) is 24.2 Å². The second-order valence-corrected chi connectivity index (χ2v) is 4.95. The Morgan fingerprint density at radius 2 is 2.14 bits per heavy atom. The average molecular weight is 296 g/mol. The molecule has 1 unspecified atom stereocenters. The molecule has 6 nitrogen and oxygen atoms in total. The Morgan fingerprint density at radius 3 is 2.76 bits per heavy atom. The maximum atomic E-state index is 11.7. The van der Waals surface area contributed by atoms with Gasteiger partial charge in [-0.3, -0.25) is 9.59 Å². The summed E-state index contributed by atoms with van der Waals surface area (Å²) in [5.74, 6) is 0.119. The highest BCUT2D eigenvalue weighted by atomic mass is 16.3. The molecule has 0 spiro atoms. The SMILES string of the molecule is CCCC(CCO)CNC(=O)CCNC(=O)c1ccco1. The van der Waals surface area contributed by atoms with Gasteiger partial charge in [0.25, 0.3) is 5.91 Å². The van der Waals surface area contributed by atoms with Gasteiger partial charge >= 0.3 is 0 Å². The molecule has 1 aromatic rings. The minimum absolute atomic E-state index is 0.103. The molecule has 3 N–H and O–H groups in total. The van der Waals surface area contributed by atoms with Crippen molar-refractivity contribution in [1.29, 1.82) is 0 Å². The van der Waals surface area contributed by atoms with E-state index in [2.05, 4.69) is 17.6 Å². The van der Waals surface area contributed by atoms with Crippen LogP contribution in [-0.4, -0.2) is 36.6 Å². The number of nitrogens with one attached hydrogen (secondary N) is 2. The molecule has 0 aliphatic rings. The highest BCUT2D eigenvalue weighted by Crippen LogP contribution is 2.09. The van der Waals surface area contributed by atoms with Crippen LogP contribution in [0.2, 0.25) is 0 Å². The van der Waals surface area contributed by atoms with Crippen LogP contribution in [0.4, 0.5) is 0 Å². The molecular formula is C15H24N2O4. The summed E-state index contributed by atoms with van der Waals surface area (Å²) in [6.45, 7) is 3.05. The van der Waals surface area contributed by atoms with Gasteiger partial charge in [0.1, 0.15) is 0 Å². The second kappa shape index (κ2) is 9.99. The van der Waals surface area contributed by atoms with Crippen molar-refractivity contribution in [2.45, 2.75) is 32.6 Å². The van der Waals surface area contributed by atoms with Crippen LogP contribution in [0, 0.1) is 5.92 Å². The first-order chi connectivity index (χ1) is 10.2. The number of aliphatic hydroxyl groups excluding tert-OH is 1. The van der Waals surface area contributed by atoms with Gasteiger partial charge in [0.15, 0.2) is 5.76 Å². The van der Waals surface area contributed by atoms with Crippen molar-refractivity contribution in [1.82, 2.24) is 10.6 Å². The van der Waals surface area contributed by atoms with Gasteiger partial charge in [-0.2, -0.15) is 0 Å². The Labute approximate surface area is 124 Å². The molecule has 0 saturated heterocycles. The molecule has 1 aromatic heterocycles. The predicted molar refractivity (Wildman–Crippen MR) is 78.8 cm³/mol. The van der Waals surface area contributed by atoms with Crippen molar-refractivity contribution in [2.75, 3.05) is 19.7 Å². The number of hydrogen-bond donors (Lipinski definition) is 3. The van der Waals surface area contributed by atoms with Gasteiger partial charge in [-0.05, 0) is 30.9 Å². The van der Waals surface area contributed by atoms with Crippen LogP contribution in [0.1, 0.15) is 43.2 Å². The van der Waals surface area contributed by atoms with Crippen molar-refractivity contribution < 1.29 is 19.1 Å². The summed E-state index contributed by atoms with van der Waals surface area (Å²) in [5.41, 5.74) is 0. The number of aliphatic hydroxyl groups is 1. The van der Waals surface area contributed by atoms with Gasteiger partial charge in [-0.1, -0.05) is 13.3 Å². The van der Waals surface area contributed by atoms with Crippen LogP contribution in [0.25, 0.3) is 0 Å². The zero-order chi connectivity index (χ0) is 15.5. The first-order valence-electron chi connectivity index (χ1n) is 7.36. The maximum absolute atomic E-state index is 11.7. The van der Waals surface area contributed by atoms with E-state index in [0.29, 0.717) is 18.9 Å². The van der Waals surface area contributed by atoms with E-state index >= 15 is 0 Å². The normalized spacial score (nSPS) is 11.9. The van der Waals surface area contributed by atoms with E-state index in [0.717, 1.165) is 12.8 Å². The highest BCUT2D eigenvalue weighted by molar-refractivity contribution is 5.91. The Balaban J connectivity index is 2.17. The van der Waals surface area contributed by atoms with Gasteiger partial charge in [0, 0.05) is 26.1 Å². The Kier molecular flexibility index (Phi) is 8.19. The third-order valence-corrected chi connectivity index (χ3v) is 3.20. The lowest BCUT2D eigenvalue weighted by Crippen LogP contribution is -2.33. The molecule has 2 amide bonds. The van der Waals surface area contributed by atoms with Crippen LogP contribution < -0.4 is 10.6 Å². The van der Waals surface area contributed by atoms with E-state index in [1.807, 2.05) is 0 Å². The number of amides is 2. The van der Waals surface area contributed by atoms with E-state index in [9.17, 15) is 9.59 Å². The molecule has 0 bridgehead atoms. The molecule has 0 aliphatic carbocycles. The predicted octanol–water partition coefficient (Wildman–Crippen LogP) is 1.31. The van der Waals surface area contributed by atoms with Crippen molar-refractivity contribution in [3.63, 3.8) is 0 Å². The molecule has 0 aromatic carbocycles. The molecule has 1 atom stereocenters. The standard InChI is InChI=1S/C15H24N2O4/c1-2-4-12(7-9-18)11-17-14(19)6-8-16-15(20)13-5-3-10-21-13/h3,5,10,12,18H,2,4,6-9,11H2,1H3,(H,16,20)(H,17,19). The topological polar surface area (TPSA) is 91.6 Å². The Hall–Kier alpha value is -1.82. The van der Waals surface area contributed by atoms with Crippen LogP contribution in [0.15, 0.2) is 22.8 Å². The smallest absolute Gasteiger partial charge is 0.286 e. The quantitative estimate of drug-likeness (QED) is 0.607. The van der Waals surface area contributed by atoms with Gasteiger partial charge < -0.3 is 20.2 Å². The lowest BCUT2D eigenvalue weighted by atomic mass is 10.0. The highest BCUT2D eigenvalue weighted by Gasteiger charge is 2.11. The fourth-order valence-electron chi connectivity index (χ4n) is 2.07. The summed E-state index contributed by atoms with van der Waals surface area (Å²) < 4.78 is 4.95. The average Bonchev–Trinajstić information content (AvgIpc) is 2.99. The first kappa shape index (κ1) is 17.2. The van der Waals surface area contributed by atoms with Gasteiger partial charge in [0.05, 0.1) is 6.26 Å².